The molecule has 1 aliphatic rings. The van der Waals surface area contributed by atoms with E-state index in [-0.39, 0.29) is 0 Å². The summed E-state index contributed by atoms with van der Waals surface area (Å²) in [7, 11) is 0. The number of aryl methyl sites for hydroxylation is 2. The van der Waals surface area contributed by atoms with Crippen molar-refractivity contribution in [1.29, 1.82) is 0 Å². The first-order valence-electron chi connectivity index (χ1n) is 11.3. The highest BCUT2D eigenvalue weighted by atomic mass is 16.3. The van der Waals surface area contributed by atoms with Gasteiger partial charge in [-0.3, -0.25) is 14.6 Å². The first-order chi connectivity index (χ1) is 16.9. The van der Waals surface area contributed by atoms with E-state index < -0.39 is 17.7 Å². The van der Waals surface area contributed by atoms with Crippen LogP contribution in [-0.4, -0.2) is 22.5 Å². The van der Waals surface area contributed by atoms with Gasteiger partial charge in [0.2, 0.25) is 5.91 Å². The molecule has 5 rings (SSSR count). The predicted octanol–water partition coefficient (Wildman–Crippen LogP) is 5.60. The lowest BCUT2D eigenvalue weighted by Crippen LogP contribution is -2.36. The van der Waals surface area contributed by atoms with Crippen LogP contribution in [0.25, 0.3) is 22.6 Å². The van der Waals surface area contributed by atoms with Crippen molar-refractivity contribution in [2.45, 2.75) is 20.8 Å². The van der Waals surface area contributed by atoms with Crippen molar-refractivity contribution in [3.63, 3.8) is 0 Å². The average Bonchev–Trinajstić information content (AvgIpc) is 3.48. The van der Waals surface area contributed by atoms with E-state index in [9.17, 15) is 9.59 Å². The Morgan fingerprint density at radius 2 is 1.83 bits per heavy atom. The Labute approximate surface area is 203 Å². The maximum absolute atomic E-state index is 13.3. The van der Waals surface area contributed by atoms with Gasteiger partial charge in [0.15, 0.2) is 5.92 Å². The summed E-state index contributed by atoms with van der Waals surface area (Å²) in [6.45, 7) is 5.69. The van der Waals surface area contributed by atoms with Gasteiger partial charge >= 0.3 is 0 Å². The number of benzene rings is 2. The Morgan fingerprint density at radius 3 is 2.60 bits per heavy atom. The molecule has 1 aliphatic heterocycles. The number of pyridine rings is 1. The van der Waals surface area contributed by atoms with Crippen molar-refractivity contribution in [2.75, 3.05) is 10.3 Å². The van der Waals surface area contributed by atoms with Crippen molar-refractivity contribution in [3.05, 3.63) is 90.3 Å². The summed E-state index contributed by atoms with van der Waals surface area (Å²) >= 11 is 0. The molecular formula is C28H24N4O3. The Balaban J connectivity index is 1.39. The third kappa shape index (κ3) is 4.24. The molecule has 2 aromatic carbocycles. The van der Waals surface area contributed by atoms with Gasteiger partial charge < -0.3 is 9.73 Å². The molecule has 2 aromatic heterocycles. The van der Waals surface area contributed by atoms with Crippen LogP contribution in [0.2, 0.25) is 0 Å². The molecule has 0 saturated heterocycles. The lowest BCUT2D eigenvalue weighted by molar-refractivity contribution is -0.127. The monoisotopic (exact) mass is 464 g/mol. The molecule has 174 valence electrons. The highest BCUT2D eigenvalue weighted by Gasteiger charge is 2.40. The molecule has 7 nitrogen and oxygen atoms in total. The molecule has 4 aromatic rings. The van der Waals surface area contributed by atoms with Crippen LogP contribution >= 0.6 is 0 Å². The summed E-state index contributed by atoms with van der Waals surface area (Å²) in [6.07, 6.45) is 3.34. The van der Waals surface area contributed by atoms with E-state index in [1.807, 2.05) is 68.4 Å². The maximum atomic E-state index is 13.3. The number of nitrogens with one attached hydrogen (secondary N) is 1. The number of amides is 2. The predicted molar refractivity (Wildman–Crippen MR) is 136 cm³/mol. The molecule has 0 spiro atoms. The van der Waals surface area contributed by atoms with Crippen LogP contribution in [0.15, 0.2) is 88.7 Å². The Bertz CT molecular complexity index is 1460. The Hall–Kier alpha value is -4.52. The SMILES string of the molecule is CC1=NN(c2ccc(C)c(-c3ncccc3C)c2)C(=O)C1C(=O)Nc1cccc(-c2ccco2)c1. The van der Waals surface area contributed by atoms with Crippen molar-refractivity contribution < 1.29 is 14.0 Å². The van der Waals surface area contributed by atoms with Gasteiger partial charge in [-0.15, -0.1) is 0 Å². The zero-order chi connectivity index (χ0) is 24.5. The number of nitrogens with zero attached hydrogens (tertiary/aromatic N) is 3. The first kappa shape index (κ1) is 22.3. The smallest absolute Gasteiger partial charge is 0.265 e. The molecule has 1 atom stereocenters. The summed E-state index contributed by atoms with van der Waals surface area (Å²) in [4.78, 5) is 31.0. The lowest BCUT2D eigenvalue weighted by atomic mass is 10.00. The minimum absolute atomic E-state index is 0.394. The fourth-order valence-electron chi connectivity index (χ4n) is 4.22. The standard InChI is InChI=1S/C28H24N4O3/c1-17-11-12-22(16-23(17)26-18(2)7-5-13-29-26)32-28(34)25(19(3)31-32)27(33)30-21-9-4-8-20(15-21)24-10-6-14-35-24/h4-16,25H,1-3H3,(H,30,33). The number of furan rings is 1. The fourth-order valence-corrected chi connectivity index (χ4v) is 4.22. The largest absolute Gasteiger partial charge is 0.464 e. The van der Waals surface area contributed by atoms with Gasteiger partial charge in [-0.2, -0.15) is 10.1 Å². The summed E-state index contributed by atoms with van der Waals surface area (Å²) in [6, 6.07) is 20.5. The van der Waals surface area contributed by atoms with Crippen molar-refractivity contribution in [1.82, 2.24) is 4.98 Å². The molecule has 0 bridgehead atoms. The summed E-state index contributed by atoms with van der Waals surface area (Å²) in [5, 5.41) is 8.59. The molecular weight excluding hydrogens is 440 g/mol. The molecule has 0 aliphatic carbocycles. The quantitative estimate of drug-likeness (QED) is 0.389. The number of anilines is 2. The van der Waals surface area contributed by atoms with Crippen LogP contribution < -0.4 is 10.3 Å². The van der Waals surface area contributed by atoms with Crippen LogP contribution in [-0.2, 0) is 9.59 Å². The second-order valence-corrected chi connectivity index (χ2v) is 8.54. The van der Waals surface area contributed by atoms with Crippen molar-refractivity contribution in [2.24, 2.45) is 11.0 Å². The van der Waals surface area contributed by atoms with Gasteiger partial charge in [0, 0.05) is 23.0 Å². The zero-order valence-corrected chi connectivity index (χ0v) is 19.6. The minimum Gasteiger partial charge on any atom is -0.464 e. The van der Waals surface area contributed by atoms with E-state index in [2.05, 4.69) is 15.4 Å². The second kappa shape index (κ2) is 9.02. The summed E-state index contributed by atoms with van der Waals surface area (Å²) < 4.78 is 5.44. The van der Waals surface area contributed by atoms with Gasteiger partial charge in [0.05, 0.1) is 23.4 Å². The molecule has 3 heterocycles. The van der Waals surface area contributed by atoms with Gasteiger partial charge in [-0.25, -0.2) is 0 Å². The molecule has 35 heavy (non-hydrogen) atoms. The topological polar surface area (TPSA) is 87.8 Å². The highest BCUT2D eigenvalue weighted by Crippen LogP contribution is 2.32. The number of carbonyl (C=O) groups is 2. The zero-order valence-electron chi connectivity index (χ0n) is 19.6. The van der Waals surface area contributed by atoms with Gasteiger partial charge in [0.25, 0.3) is 5.91 Å². The van der Waals surface area contributed by atoms with Crippen LogP contribution in [0.1, 0.15) is 18.1 Å². The fraction of sp³-hybridized carbons (Fsp3) is 0.143. The van der Waals surface area contributed by atoms with E-state index in [0.717, 1.165) is 27.9 Å². The number of hydrogen-bond acceptors (Lipinski definition) is 5. The van der Waals surface area contributed by atoms with E-state index in [4.69, 9.17) is 4.42 Å². The van der Waals surface area contributed by atoms with E-state index in [1.54, 1.807) is 31.5 Å². The minimum atomic E-state index is -1.01. The molecule has 0 fully saturated rings. The molecule has 2 amide bonds. The molecule has 0 saturated carbocycles. The van der Waals surface area contributed by atoms with E-state index >= 15 is 0 Å². The van der Waals surface area contributed by atoms with E-state index in [0.29, 0.717) is 22.8 Å². The van der Waals surface area contributed by atoms with E-state index in [1.165, 1.54) is 5.01 Å². The van der Waals surface area contributed by atoms with Crippen LogP contribution in [0.5, 0.6) is 0 Å². The Morgan fingerprint density at radius 1 is 0.971 bits per heavy atom. The maximum Gasteiger partial charge on any atom is 0.265 e. The molecule has 1 unspecified atom stereocenters. The van der Waals surface area contributed by atoms with Crippen LogP contribution in [0.3, 0.4) is 0 Å². The van der Waals surface area contributed by atoms with Gasteiger partial charge in [-0.05, 0) is 74.4 Å². The van der Waals surface area contributed by atoms with Crippen LogP contribution in [0, 0.1) is 19.8 Å². The Kier molecular flexibility index (Phi) is 5.74. The van der Waals surface area contributed by atoms with Crippen LogP contribution in [0.4, 0.5) is 11.4 Å². The van der Waals surface area contributed by atoms with Crippen molar-refractivity contribution in [3.8, 4) is 22.6 Å². The number of aromatic nitrogens is 1. The number of carbonyl (C=O) groups excluding carboxylic acids is 2. The average molecular weight is 465 g/mol. The summed E-state index contributed by atoms with van der Waals surface area (Å²) in [5.41, 5.74) is 6.28. The molecule has 1 N–H and O–H groups in total. The first-order valence-corrected chi connectivity index (χ1v) is 11.3. The highest BCUT2D eigenvalue weighted by molar-refractivity contribution is 6.28. The summed E-state index contributed by atoms with van der Waals surface area (Å²) in [5.74, 6) is -1.14. The van der Waals surface area contributed by atoms with Gasteiger partial charge in [0.1, 0.15) is 5.76 Å². The lowest BCUT2D eigenvalue weighted by Gasteiger charge is -2.17. The van der Waals surface area contributed by atoms with Gasteiger partial charge in [-0.1, -0.05) is 24.3 Å². The third-order valence-corrected chi connectivity index (χ3v) is 6.06. The number of rotatable bonds is 5. The number of hydrazone groups is 1. The number of hydrogen-bond donors (Lipinski definition) is 1. The van der Waals surface area contributed by atoms with Crippen molar-refractivity contribution >= 4 is 28.9 Å². The normalized spacial score (nSPS) is 15.3. The second-order valence-electron chi connectivity index (χ2n) is 8.54. The molecule has 0 radical (unpaired) electrons. The molecule has 7 heteroatoms. The third-order valence-electron chi connectivity index (χ3n) is 6.06.